The van der Waals surface area contributed by atoms with Crippen LogP contribution in [0.3, 0.4) is 0 Å². The van der Waals surface area contributed by atoms with Gasteiger partial charge in [0.25, 0.3) is 0 Å². The van der Waals surface area contributed by atoms with Crippen molar-refractivity contribution in [2.24, 2.45) is 0 Å². The number of rotatable bonds is 7. The second-order valence-electron chi connectivity index (χ2n) is 5.06. The average molecular weight is 300 g/mol. The minimum atomic E-state index is -3.14. The molecule has 0 aliphatic rings. The normalized spacial score (nSPS) is 12.8. The Morgan fingerprint density at radius 1 is 1.10 bits per heavy atom. The molecule has 0 saturated heterocycles. The Labute approximate surface area is 120 Å². The lowest BCUT2D eigenvalue weighted by molar-refractivity contribution is 0.144. The molecule has 0 bridgehead atoms. The molecule has 1 rings (SSSR count). The summed E-state index contributed by atoms with van der Waals surface area (Å²) in [6.07, 6.45) is 3.37. The van der Waals surface area contributed by atoms with Crippen molar-refractivity contribution in [3.8, 4) is 0 Å². The molecule has 1 aromatic carbocycles. The maximum atomic E-state index is 12.8. The Kier molecular flexibility index (Phi) is 6.60. The highest BCUT2D eigenvalue weighted by Gasteiger charge is 2.25. The molecule has 0 aromatic heterocycles. The lowest BCUT2D eigenvalue weighted by atomic mass is 10.2. The van der Waals surface area contributed by atoms with E-state index in [1.54, 1.807) is 24.3 Å². The second kappa shape index (κ2) is 7.72. The minimum absolute atomic E-state index is 0.168. The first kappa shape index (κ1) is 17.1. The first-order valence-electron chi connectivity index (χ1n) is 6.69. The van der Waals surface area contributed by atoms with Gasteiger partial charge in [0.05, 0.1) is 18.4 Å². The number of hydrogen-bond acceptors (Lipinski definition) is 3. The fourth-order valence-corrected chi connectivity index (χ4v) is 3.52. The van der Waals surface area contributed by atoms with Crippen molar-refractivity contribution in [1.82, 2.24) is 0 Å². The van der Waals surface area contributed by atoms with Crippen LogP contribution in [0.15, 0.2) is 30.3 Å². The zero-order valence-electron chi connectivity index (χ0n) is 12.4. The van der Waals surface area contributed by atoms with Crippen LogP contribution in [-0.4, -0.2) is 18.4 Å². The lowest BCUT2D eigenvalue weighted by Crippen LogP contribution is -2.09. The van der Waals surface area contributed by atoms with Gasteiger partial charge in [-0.15, -0.1) is 0 Å². The molecule has 0 saturated carbocycles. The summed E-state index contributed by atoms with van der Waals surface area (Å²) in [5, 5.41) is 0. The third kappa shape index (κ3) is 6.47. The predicted molar refractivity (Wildman–Crippen MR) is 80.3 cm³/mol. The van der Waals surface area contributed by atoms with Crippen LogP contribution in [0.2, 0.25) is 0 Å². The zero-order chi connectivity index (χ0) is 15.2. The van der Waals surface area contributed by atoms with Crippen LogP contribution in [0, 0.1) is 5.82 Å². The van der Waals surface area contributed by atoms with Gasteiger partial charge < -0.3 is 9.05 Å². The van der Waals surface area contributed by atoms with Gasteiger partial charge in [-0.2, -0.15) is 0 Å². The summed E-state index contributed by atoms with van der Waals surface area (Å²) in [5.74, 6) is -0.279. The van der Waals surface area contributed by atoms with Crippen molar-refractivity contribution >= 4 is 13.7 Å². The van der Waals surface area contributed by atoms with Crippen LogP contribution in [0.25, 0.3) is 6.08 Å². The van der Waals surface area contributed by atoms with E-state index >= 15 is 0 Å². The topological polar surface area (TPSA) is 35.5 Å². The highest BCUT2D eigenvalue weighted by molar-refractivity contribution is 7.54. The number of allylic oxidation sites excluding steroid dienone is 1. The Morgan fingerprint density at radius 2 is 1.60 bits per heavy atom. The molecule has 0 fully saturated rings. The molecule has 1 aromatic rings. The molecule has 0 spiro atoms. The van der Waals surface area contributed by atoms with Gasteiger partial charge in [-0.05, 0) is 45.4 Å². The van der Waals surface area contributed by atoms with E-state index in [9.17, 15) is 8.96 Å². The highest BCUT2D eigenvalue weighted by atomic mass is 31.2. The van der Waals surface area contributed by atoms with E-state index in [1.165, 1.54) is 12.1 Å². The van der Waals surface area contributed by atoms with E-state index in [2.05, 4.69) is 0 Å². The maximum Gasteiger partial charge on any atom is 0.334 e. The van der Waals surface area contributed by atoms with Gasteiger partial charge in [0, 0.05) is 0 Å². The standard InChI is InChI=1S/C15H22FO3P/c1-12(2)18-20(17,19-13(3)4)11-5-6-14-7-9-15(16)10-8-14/h5-10,12-13H,11H2,1-4H3/b6-5+. The Morgan fingerprint density at radius 3 is 2.05 bits per heavy atom. The van der Waals surface area contributed by atoms with Gasteiger partial charge in [-0.3, -0.25) is 4.57 Å². The third-order valence-electron chi connectivity index (χ3n) is 2.25. The van der Waals surface area contributed by atoms with Crippen LogP contribution >= 0.6 is 7.60 Å². The molecule has 0 aliphatic heterocycles. The smallest absolute Gasteiger partial charge is 0.306 e. The molecular formula is C15H22FO3P. The lowest BCUT2D eigenvalue weighted by Gasteiger charge is -2.21. The maximum absolute atomic E-state index is 12.8. The van der Waals surface area contributed by atoms with Crippen LogP contribution < -0.4 is 0 Å². The molecule has 0 aliphatic carbocycles. The molecule has 20 heavy (non-hydrogen) atoms. The van der Waals surface area contributed by atoms with E-state index in [-0.39, 0.29) is 24.2 Å². The molecule has 0 amide bonds. The Hall–Kier alpha value is -0.960. The van der Waals surface area contributed by atoms with Gasteiger partial charge in [-0.25, -0.2) is 4.39 Å². The van der Waals surface area contributed by atoms with E-state index in [1.807, 2.05) is 27.7 Å². The fraction of sp³-hybridized carbons (Fsp3) is 0.467. The molecule has 0 heterocycles. The van der Waals surface area contributed by atoms with E-state index in [0.29, 0.717) is 0 Å². The van der Waals surface area contributed by atoms with Gasteiger partial charge >= 0.3 is 7.60 Å². The zero-order valence-corrected chi connectivity index (χ0v) is 13.3. The highest BCUT2D eigenvalue weighted by Crippen LogP contribution is 2.50. The van der Waals surface area contributed by atoms with Crippen LogP contribution in [-0.2, 0) is 13.6 Å². The van der Waals surface area contributed by atoms with Gasteiger partial charge in [0.15, 0.2) is 0 Å². The molecule has 3 nitrogen and oxygen atoms in total. The summed E-state index contributed by atoms with van der Waals surface area (Å²) in [6.45, 7) is 7.28. The summed E-state index contributed by atoms with van der Waals surface area (Å²) < 4.78 is 36.2. The first-order chi connectivity index (χ1) is 9.31. The average Bonchev–Trinajstić information content (AvgIpc) is 2.29. The van der Waals surface area contributed by atoms with Crippen molar-refractivity contribution < 1.29 is 18.0 Å². The molecule has 0 unspecified atom stereocenters. The van der Waals surface area contributed by atoms with Gasteiger partial charge in [0.2, 0.25) is 0 Å². The molecule has 5 heteroatoms. The second-order valence-corrected chi connectivity index (χ2v) is 7.06. The molecule has 0 atom stereocenters. The van der Waals surface area contributed by atoms with Crippen molar-refractivity contribution in [2.75, 3.05) is 6.16 Å². The van der Waals surface area contributed by atoms with Crippen molar-refractivity contribution in [1.29, 1.82) is 0 Å². The monoisotopic (exact) mass is 300 g/mol. The molecule has 0 radical (unpaired) electrons. The summed E-state index contributed by atoms with van der Waals surface area (Å²) in [5.41, 5.74) is 0.840. The van der Waals surface area contributed by atoms with Crippen molar-refractivity contribution in [3.63, 3.8) is 0 Å². The van der Waals surface area contributed by atoms with Crippen molar-refractivity contribution in [2.45, 2.75) is 39.9 Å². The first-order valence-corrected chi connectivity index (χ1v) is 8.41. The van der Waals surface area contributed by atoms with Gasteiger partial charge in [-0.1, -0.05) is 24.3 Å². The Bertz CT molecular complexity index is 466. The summed E-state index contributed by atoms with van der Waals surface area (Å²) in [7, 11) is -3.14. The number of hydrogen-bond donors (Lipinski definition) is 0. The SMILES string of the molecule is CC(C)OP(=O)(C/C=C/c1ccc(F)cc1)OC(C)C. The van der Waals surface area contributed by atoms with Crippen LogP contribution in [0.4, 0.5) is 4.39 Å². The quantitative estimate of drug-likeness (QED) is 0.673. The number of benzene rings is 1. The summed E-state index contributed by atoms with van der Waals surface area (Å²) in [6, 6.07) is 6.08. The van der Waals surface area contributed by atoms with Gasteiger partial charge in [0.1, 0.15) is 5.82 Å². The van der Waals surface area contributed by atoms with Crippen molar-refractivity contribution in [3.05, 3.63) is 41.7 Å². The largest absolute Gasteiger partial charge is 0.334 e. The number of halogens is 1. The molecule has 112 valence electrons. The van der Waals surface area contributed by atoms with E-state index < -0.39 is 7.60 Å². The fourth-order valence-electron chi connectivity index (χ4n) is 1.65. The molecule has 0 N–H and O–H groups in total. The van der Waals surface area contributed by atoms with E-state index in [4.69, 9.17) is 9.05 Å². The summed E-state index contributed by atoms with van der Waals surface area (Å²) in [4.78, 5) is 0. The minimum Gasteiger partial charge on any atom is -0.306 e. The van der Waals surface area contributed by atoms with Crippen LogP contribution in [0.5, 0.6) is 0 Å². The van der Waals surface area contributed by atoms with Crippen LogP contribution in [0.1, 0.15) is 33.3 Å². The predicted octanol–water partition coefficient (Wildman–Crippen LogP) is 4.88. The molecular weight excluding hydrogens is 278 g/mol. The third-order valence-corrected chi connectivity index (χ3v) is 4.40. The van der Waals surface area contributed by atoms with E-state index in [0.717, 1.165) is 5.56 Å². The Balaban J connectivity index is 2.70. The summed E-state index contributed by atoms with van der Waals surface area (Å²) >= 11 is 0.